The van der Waals surface area contributed by atoms with E-state index < -0.39 is 21.9 Å². The van der Waals surface area contributed by atoms with Crippen molar-refractivity contribution in [3.05, 3.63) is 53.5 Å². The van der Waals surface area contributed by atoms with Gasteiger partial charge >= 0.3 is 5.97 Å². The second-order valence-corrected chi connectivity index (χ2v) is 10.0. The molecular weight excluding hydrogens is 412 g/mol. The molecule has 1 saturated heterocycles. The Labute approximate surface area is 172 Å². The molecule has 0 unspecified atom stereocenters. The molecule has 0 radical (unpaired) electrons. The zero-order valence-corrected chi connectivity index (χ0v) is 17.4. The summed E-state index contributed by atoms with van der Waals surface area (Å²) in [6, 6.07) is 10.4. The smallest absolute Gasteiger partial charge is 0.340 e. The first-order valence-corrected chi connectivity index (χ1v) is 11.5. The van der Waals surface area contributed by atoms with E-state index in [0.717, 1.165) is 0 Å². The Morgan fingerprint density at radius 1 is 1.17 bits per heavy atom. The van der Waals surface area contributed by atoms with Gasteiger partial charge in [0.25, 0.3) is 10.0 Å². The number of thiophene rings is 1. The summed E-state index contributed by atoms with van der Waals surface area (Å²) < 4.78 is 33.7. The first-order chi connectivity index (χ1) is 13.9. The van der Waals surface area contributed by atoms with Crippen LogP contribution in [0.2, 0.25) is 0 Å². The number of sulfonamides is 1. The highest BCUT2D eigenvalue weighted by molar-refractivity contribution is 7.91. The van der Waals surface area contributed by atoms with Crippen LogP contribution in [0.1, 0.15) is 28.0 Å². The van der Waals surface area contributed by atoms with Crippen LogP contribution in [0.15, 0.2) is 52.2 Å². The predicted octanol–water partition coefficient (Wildman–Crippen LogP) is 3.23. The number of aromatic nitrogens is 1. The summed E-state index contributed by atoms with van der Waals surface area (Å²) in [5.74, 6) is -1.22. The predicted molar refractivity (Wildman–Crippen MR) is 110 cm³/mol. The maximum absolute atomic E-state index is 13.3. The zero-order chi connectivity index (χ0) is 20.6. The van der Waals surface area contributed by atoms with E-state index >= 15 is 0 Å². The molecule has 1 aromatic carbocycles. The molecule has 0 N–H and O–H groups in total. The fourth-order valence-electron chi connectivity index (χ4n) is 3.73. The third-order valence-corrected chi connectivity index (χ3v) is 8.42. The van der Waals surface area contributed by atoms with Gasteiger partial charge in [0.1, 0.15) is 4.21 Å². The Morgan fingerprint density at radius 2 is 1.97 bits per heavy atom. The minimum absolute atomic E-state index is 0.124. The van der Waals surface area contributed by atoms with Gasteiger partial charge < -0.3 is 4.74 Å². The first kappa shape index (κ1) is 19.8. The number of methoxy groups -OCH3 is 1. The van der Waals surface area contributed by atoms with Crippen LogP contribution in [0.5, 0.6) is 0 Å². The van der Waals surface area contributed by atoms with Crippen molar-refractivity contribution >= 4 is 44.1 Å². The van der Waals surface area contributed by atoms with Crippen molar-refractivity contribution in [2.24, 2.45) is 5.92 Å². The normalized spacial score (nSPS) is 18.0. The minimum atomic E-state index is -3.61. The molecule has 0 aliphatic carbocycles. The molecule has 3 heterocycles. The van der Waals surface area contributed by atoms with Gasteiger partial charge in [-0.2, -0.15) is 4.31 Å². The van der Waals surface area contributed by atoms with Gasteiger partial charge in [0.05, 0.1) is 24.1 Å². The molecule has 0 amide bonds. The molecule has 4 rings (SSSR count). The number of benzene rings is 1. The quantitative estimate of drug-likeness (QED) is 0.591. The van der Waals surface area contributed by atoms with Gasteiger partial charge in [-0.1, -0.05) is 24.3 Å². The summed E-state index contributed by atoms with van der Waals surface area (Å²) in [7, 11) is -2.31. The van der Waals surface area contributed by atoms with E-state index in [4.69, 9.17) is 4.74 Å². The number of ether oxygens (including phenoxy) is 1. The van der Waals surface area contributed by atoms with Gasteiger partial charge in [-0.15, -0.1) is 11.3 Å². The molecule has 1 aliphatic heterocycles. The van der Waals surface area contributed by atoms with E-state index in [1.165, 1.54) is 33.5 Å². The third kappa shape index (κ3) is 3.50. The molecule has 29 heavy (non-hydrogen) atoms. The van der Waals surface area contributed by atoms with Gasteiger partial charge in [-0.25, -0.2) is 13.2 Å². The number of carbonyl (C=O) groups is 2. The fourth-order valence-corrected chi connectivity index (χ4v) is 6.40. The van der Waals surface area contributed by atoms with E-state index in [0.29, 0.717) is 35.9 Å². The lowest BCUT2D eigenvalue weighted by molar-refractivity contribution is 0.0603. The largest absolute Gasteiger partial charge is 0.465 e. The lowest BCUT2D eigenvalue weighted by Crippen LogP contribution is -2.43. The summed E-state index contributed by atoms with van der Waals surface area (Å²) in [5.41, 5.74) is 0.923. The number of piperidine rings is 1. The van der Waals surface area contributed by atoms with Crippen molar-refractivity contribution in [1.82, 2.24) is 8.87 Å². The Bertz CT molecular complexity index is 1160. The van der Waals surface area contributed by atoms with Crippen LogP contribution >= 0.6 is 11.3 Å². The van der Waals surface area contributed by atoms with E-state index in [9.17, 15) is 18.0 Å². The second-order valence-electron chi connectivity index (χ2n) is 6.89. The maximum atomic E-state index is 13.3. The molecule has 1 atom stereocenters. The number of hydrogen-bond acceptors (Lipinski definition) is 6. The number of fused-ring (bicyclic) bond motifs is 1. The van der Waals surface area contributed by atoms with Crippen molar-refractivity contribution in [3.63, 3.8) is 0 Å². The van der Waals surface area contributed by atoms with Crippen LogP contribution in [0.25, 0.3) is 10.9 Å². The van der Waals surface area contributed by atoms with Crippen LogP contribution in [-0.2, 0) is 14.8 Å². The van der Waals surface area contributed by atoms with Crippen molar-refractivity contribution < 1.29 is 22.7 Å². The minimum Gasteiger partial charge on any atom is -0.465 e. The fraction of sp³-hybridized carbons (Fsp3) is 0.300. The van der Waals surface area contributed by atoms with E-state index in [1.807, 2.05) is 0 Å². The van der Waals surface area contributed by atoms with E-state index in [-0.39, 0.29) is 16.7 Å². The molecule has 3 aromatic rings. The van der Waals surface area contributed by atoms with Crippen molar-refractivity contribution in [2.45, 2.75) is 17.1 Å². The van der Waals surface area contributed by atoms with Crippen molar-refractivity contribution in [3.8, 4) is 0 Å². The van der Waals surface area contributed by atoms with Crippen molar-refractivity contribution in [1.29, 1.82) is 0 Å². The summed E-state index contributed by atoms with van der Waals surface area (Å²) in [6.45, 7) is 0.517. The SMILES string of the molecule is COC(=O)c1cn(C(=O)[C@H]2CCCN(S(=O)(=O)c3cccs3)C2)c2ccccc12. The molecule has 1 fully saturated rings. The Kier molecular flexibility index (Phi) is 5.28. The number of rotatable bonds is 4. The summed E-state index contributed by atoms with van der Waals surface area (Å²) in [4.78, 5) is 25.4. The monoisotopic (exact) mass is 432 g/mol. The van der Waals surface area contributed by atoms with Gasteiger partial charge in [0.15, 0.2) is 0 Å². The van der Waals surface area contributed by atoms with Gasteiger partial charge in [0.2, 0.25) is 5.91 Å². The molecule has 7 nitrogen and oxygen atoms in total. The van der Waals surface area contributed by atoms with Gasteiger partial charge in [0, 0.05) is 24.7 Å². The Balaban J connectivity index is 1.66. The topological polar surface area (TPSA) is 85.7 Å². The average Bonchev–Trinajstić information content (AvgIpc) is 3.41. The lowest BCUT2D eigenvalue weighted by Gasteiger charge is -2.30. The lowest BCUT2D eigenvalue weighted by atomic mass is 9.98. The van der Waals surface area contributed by atoms with Crippen LogP contribution in [0.3, 0.4) is 0 Å². The van der Waals surface area contributed by atoms with Crippen LogP contribution in [-0.4, -0.2) is 49.4 Å². The number of carbonyl (C=O) groups excluding carboxylic acids is 2. The molecular formula is C20H20N2O5S2. The zero-order valence-electron chi connectivity index (χ0n) is 15.8. The van der Waals surface area contributed by atoms with Gasteiger partial charge in [-0.05, 0) is 30.4 Å². The highest BCUT2D eigenvalue weighted by atomic mass is 32.2. The highest BCUT2D eigenvalue weighted by Crippen LogP contribution is 2.29. The number of esters is 1. The van der Waals surface area contributed by atoms with E-state index in [2.05, 4.69) is 0 Å². The second kappa shape index (κ2) is 7.74. The maximum Gasteiger partial charge on any atom is 0.340 e. The molecule has 0 bridgehead atoms. The van der Waals surface area contributed by atoms with Crippen LogP contribution in [0, 0.1) is 5.92 Å². The standard InChI is InChI=1S/C20H20N2O5S2/c1-27-20(24)16-13-22(17-8-3-2-7-15(16)17)19(23)14-6-4-10-21(12-14)29(25,26)18-9-5-11-28-18/h2-3,5,7-9,11,13-14H,4,6,10,12H2,1H3/t14-/m0/s1. The molecule has 1 aliphatic rings. The van der Waals surface area contributed by atoms with Crippen molar-refractivity contribution in [2.75, 3.05) is 20.2 Å². The molecule has 9 heteroatoms. The third-order valence-electron chi connectivity index (χ3n) is 5.18. The van der Waals surface area contributed by atoms with Gasteiger partial charge in [-0.3, -0.25) is 9.36 Å². The number of para-hydroxylation sites is 1. The summed E-state index contributed by atoms with van der Waals surface area (Å²) >= 11 is 1.17. The van der Waals surface area contributed by atoms with Crippen LogP contribution in [0.4, 0.5) is 0 Å². The molecule has 152 valence electrons. The molecule has 0 spiro atoms. The summed E-state index contributed by atoms with van der Waals surface area (Å²) in [6.07, 6.45) is 2.69. The van der Waals surface area contributed by atoms with Crippen LogP contribution < -0.4 is 0 Å². The number of hydrogen-bond donors (Lipinski definition) is 0. The first-order valence-electron chi connectivity index (χ1n) is 9.19. The highest BCUT2D eigenvalue weighted by Gasteiger charge is 2.35. The van der Waals surface area contributed by atoms with E-state index in [1.54, 1.807) is 41.8 Å². The Morgan fingerprint density at radius 3 is 2.69 bits per heavy atom. The molecule has 2 aromatic heterocycles. The molecule has 0 saturated carbocycles. The average molecular weight is 433 g/mol. The Hall–Kier alpha value is -2.49. The number of nitrogens with zero attached hydrogens (tertiary/aromatic N) is 2. The summed E-state index contributed by atoms with van der Waals surface area (Å²) in [5, 5.41) is 2.35.